The normalized spacial score (nSPS) is 11.5. The number of ether oxygens (including phenoxy) is 1. The molecule has 2 aromatic carbocycles. The molecule has 33 heavy (non-hydrogen) atoms. The van der Waals surface area contributed by atoms with E-state index < -0.39 is 23.2 Å². The maximum absolute atomic E-state index is 13.2. The van der Waals surface area contributed by atoms with Gasteiger partial charge in [-0.3, -0.25) is 4.79 Å². The van der Waals surface area contributed by atoms with Crippen molar-refractivity contribution in [2.45, 2.75) is 45.6 Å². The molecule has 2 aromatic rings. The van der Waals surface area contributed by atoms with Crippen molar-refractivity contribution in [3.8, 4) is 0 Å². The zero-order valence-corrected chi connectivity index (χ0v) is 19.0. The number of benzene rings is 2. The largest absolute Gasteiger partial charge is 0.479 e. The highest BCUT2D eigenvalue weighted by Crippen LogP contribution is 2.19. The molecule has 6 nitrogen and oxygen atoms in total. The summed E-state index contributed by atoms with van der Waals surface area (Å²) >= 11 is 0. The van der Waals surface area contributed by atoms with Crippen LogP contribution in [-0.2, 0) is 20.7 Å². The van der Waals surface area contributed by atoms with Crippen molar-refractivity contribution in [1.29, 1.82) is 0 Å². The summed E-state index contributed by atoms with van der Waals surface area (Å²) in [6.45, 7) is 9.15. The van der Waals surface area contributed by atoms with E-state index in [9.17, 15) is 28.3 Å². The average Bonchev–Trinajstić information content (AvgIpc) is 2.81. The van der Waals surface area contributed by atoms with Crippen LogP contribution in [0.15, 0.2) is 60.7 Å². The van der Waals surface area contributed by atoms with E-state index >= 15 is 0 Å². The van der Waals surface area contributed by atoms with Crippen LogP contribution in [0.2, 0.25) is 0 Å². The molecule has 0 spiro atoms. The second kappa shape index (κ2) is 15.4. The fourth-order valence-electron chi connectivity index (χ4n) is 2.26. The van der Waals surface area contributed by atoms with Gasteiger partial charge >= 0.3 is 11.9 Å². The number of aliphatic carboxylic acids is 1. The number of hydrogen-bond donors (Lipinski definition) is 2. The third kappa shape index (κ3) is 10.7. The predicted octanol–water partition coefficient (Wildman–Crippen LogP) is 4.75. The molecule has 2 N–H and O–H groups in total. The van der Waals surface area contributed by atoms with Crippen LogP contribution < -0.4 is 0 Å². The number of hydrogen-bond acceptors (Lipinski definition) is 5. The van der Waals surface area contributed by atoms with Crippen LogP contribution in [0.3, 0.4) is 0 Å². The molecule has 0 radical (unpaired) electrons. The van der Waals surface area contributed by atoms with E-state index in [1.807, 2.05) is 6.92 Å². The first-order chi connectivity index (χ1) is 15.6. The number of carbonyl (C=O) groups is 3. The summed E-state index contributed by atoms with van der Waals surface area (Å²) in [7, 11) is 0. The zero-order valence-electron chi connectivity index (χ0n) is 19.0. The van der Waals surface area contributed by atoms with E-state index in [1.54, 1.807) is 32.0 Å². The van der Waals surface area contributed by atoms with Crippen LogP contribution >= 0.6 is 0 Å². The van der Waals surface area contributed by atoms with Crippen LogP contribution in [-0.4, -0.2) is 40.6 Å². The lowest BCUT2D eigenvalue weighted by molar-refractivity contribution is -0.158. The van der Waals surface area contributed by atoms with Gasteiger partial charge in [0.05, 0.1) is 12.2 Å². The highest BCUT2D eigenvalue weighted by Gasteiger charge is 2.34. The summed E-state index contributed by atoms with van der Waals surface area (Å²) in [5.41, 5.74) is -1.03. The average molecular weight is 465 g/mol. The smallest absolute Gasteiger partial charge is 0.336 e. The van der Waals surface area contributed by atoms with Gasteiger partial charge in [0.15, 0.2) is 11.9 Å². The maximum atomic E-state index is 13.2. The molecule has 0 saturated carbocycles. The summed E-state index contributed by atoms with van der Waals surface area (Å²) < 4.78 is 30.2. The predicted molar refractivity (Wildman–Crippen MR) is 121 cm³/mol. The lowest BCUT2D eigenvalue weighted by Gasteiger charge is -2.21. The molecule has 8 heteroatoms. The summed E-state index contributed by atoms with van der Waals surface area (Å²) in [5, 5.41) is 18.5. The third-order valence-electron chi connectivity index (χ3n) is 4.45. The van der Waals surface area contributed by atoms with Crippen LogP contribution in [0, 0.1) is 11.6 Å². The van der Waals surface area contributed by atoms with Crippen molar-refractivity contribution in [2.75, 3.05) is 6.61 Å². The highest BCUT2D eigenvalue weighted by molar-refractivity contribution is 5.87. The lowest BCUT2D eigenvalue weighted by Crippen LogP contribution is -2.40. The monoisotopic (exact) mass is 464 g/mol. The molecule has 0 amide bonds. The lowest BCUT2D eigenvalue weighted by atomic mass is 9.92. The van der Waals surface area contributed by atoms with Gasteiger partial charge in [0, 0.05) is 12.0 Å². The van der Waals surface area contributed by atoms with Crippen LogP contribution in [0.1, 0.15) is 49.5 Å². The van der Waals surface area contributed by atoms with Crippen molar-refractivity contribution in [1.82, 2.24) is 0 Å². The quantitative estimate of drug-likeness (QED) is 0.332. The van der Waals surface area contributed by atoms with E-state index in [2.05, 4.69) is 11.3 Å². The van der Waals surface area contributed by atoms with Crippen molar-refractivity contribution in [3.05, 3.63) is 83.4 Å². The topological polar surface area (TPSA) is 101 Å². The molecular formula is C25H30F2O6. The van der Waals surface area contributed by atoms with Crippen LogP contribution in [0.5, 0.6) is 0 Å². The van der Waals surface area contributed by atoms with E-state index in [0.717, 1.165) is 0 Å². The second-order valence-corrected chi connectivity index (χ2v) is 6.78. The summed E-state index contributed by atoms with van der Waals surface area (Å²) in [6.07, 6.45) is 0.982. The molecule has 0 saturated heterocycles. The van der Waals surface area contributed by atoms with Gasteiger partial charge in [0.2, 0.25) is 0 Å². The maximum Gasteiger partial charge on any atom is 0.336 e. The minimum Gasteiger partial charge on any atom is -0.479 e. The van der Waals surface area contributed by atoms with E-state index in [-0.39, 0.29) is 29.9 Å². The van der Waals surface area contributed by atoms with Crippen molar-refractivity contribution in [2.24, 2.45) is 0 Å². The van der Waals surface area contributed by atoms with Crippen LogP contribution in [0.25, 0.3) is 0 Å². The molecule has 0 unspecified atom stereocenters. The number of carboxylic acid groups (broad SMARTS) is 1. The fourth-order valence-corrected chi connectivity index (χ4v) is 2.26. The zero-order chi connectivity index (χ0) is 25.4. The minimum absolute atomic E-state index is 0.0384. The molecule has 0 aliphatic rings. The Hall–Kier alpha value is -3.39. The molecule has 0 aliphatic heterocycles. The van der Waals surface area contributed by atoms with Gasteiger partial charge in [-0.1, -0.05) is 50.8 Å². The molecule has 0 fully saturated rings. The summed E-state index contributed by atoms with van der Waals surface area (Å²) in [4.78, 5) is 31.4. The Morgan fingerprint density at radius 2 is 1.58 bits per heavy atom. The Morgan fingerprint density at radius 1 is 1.03 bits per heavy atom. The van der Waals surface area contributed by atoms with E-state index in [4.69, 9.17) is 5.11 Å². The van der Waals surface area contributed by atoms with E-state index in [0.29, 0.717) is 24.9 Å². The molecular weight excluding hydrogens is 434 g/mol. The van der Waals surface area contributed by atoms with Gasteiger partial charge in [0.1, 0.15) is 11.6 Å². The molecule has 0 heterocycles. The van der Waals surface area contributed by atoms with Crippen LogP contribution in [0.4, 0.5) is 8.78 Å². The van der Waals surface area contributed by atoms with Gasteiger partial charge in [-0.2, -0.15) is 0 Å². The molecule has 180 valence electrons. The Balaban J connectivity index is 0.000000493. The molecule has 0 bridgehead atoms. The Morgan fingerprint density at radius 3 is 1.97 bits per heavy atom. The Kier molecular flexibility index (Phi) is 13.8. The molecule has 2 rings (SSSR count). The van der Waals surface area contributed by atoms with Crippen molar-refractivity contribution in [3.63, 3.8) is 0 Å². The van der Waals surface area contributed by atoms with Crippen molar-refractivity contribution >= 4 is 18.2 Å². The second-order valence-electron chi connectivity index (χ2n) is 6.78. The number of esters is 1. The first-order valence-corrected chi connectivity index (χ1v) is 10.3. The number of rotatable bonds is 8. The number of aliphatic hydroxyl groups is 1. The van der Waals surface area contributed by atoms with Gasteiger partial charge in [-0.25, -0.2) is 18.4 Å². The number of aldehydes is 1. The van der Waals surface area contributed by atoms with Gasteiger partial charge in [-0.15, -0.1) is 0 Å². The van der Waals surface area contributed by atoms with Crippen molar-refractivity contribution < 1.29 is 38.1 Å². The number of carboxylic acids is 1. The fraction of sp³-hybridized carbons (Fsp3) is 0.320. The minimum atomic E-state index is -1.89. The summed E-state index contributed by atoms with van der Waals surface area (Å²) in [5.74, 6) is -2.56. The Bertz CT molecular complexity index is 929. The number of carbonyl (C=O) groups excluding carboxylic acids is 2. The number of halogens is 2. The first kappa shape index (κ1) is 29.6. The first-order valence-electron chi connectivity index (χ1n) is 10.3. The highest BCUT2D eigenvalue weighted by atomic mass is 19.1. The molecule has 1 atom stereocenters. The Labute approximate surface area is 192 Å². The van der Waals surface area contributed by atoms with Gasteiger partial charge in [0.25, 0.3) is 0 Å². The third-order valence-corrected chi connectivity index (χ3v) is 4.45. The SMILES string of the molecule is C=C(CC)C(=O)OCC.CC[C@@](O)(Cc1ccccc1F)C(=O)O.O=Cc1ccccc1F. The molecule has 0 aromatic heterocycles. The standard InChI is InChI=1S/C11H13FO3.C7H5FO.C7H12O2/c1-2-11(15,10(13)14)7-8-5-3-4-6-9(8)12;8-7-4-2-1-3-6(7)5-9;1-4-6(3)7(8)9-5-2/h3-6,15H,2,7H2,1H3,(H,13,14);1-5H;3-5H2,1-2H3/t11-;;/m1../s1. The molecule has 0 aliphatic carbocycles. The van der Waals surface area contributed by atoms with E-state index in [1.165, 1.54) is 30.3 Å². The summed E-state index contributed by atoms with van der Waals surface area (Å²) in [6, 6.07) is 11.7. The van der Waals surface area contributed by atoms with Gasteiger partial charge < -0.3 is 14.9 Å². The van der Waals surface area contributed by atoms with Gasteiger partial charge in [-0.05, 0) is 43.5 Å².